The first-order chi connectivity index (χ1) is 8.35. The van der Waals surface area contributed by atoms with E-state index < -0.39 is 0 Å². The fraction of sp³-hybridized carbons (Fsp3) is 0.571. The third-order valence-corrected chi connectivity index (χ3v) is 3.36. The second-order valence-corrected chi connectivity index (χ2v) is 4.51. The molecule has 0 heterocycles. The van der Waals surface area contributed by atoms with Crippen molar-refractivity contribution in [1.29, 1.82) is 0 Å². The van der Waals surface area contributed by atoms with Crippen molar-refractivity contribution in [2.75, 3.05) is 13.7 Å². The van der Waals surface area contributed by atoms with Gasteiger partial charge in [-0.05, 0) is 18.9 Å². The minimum absolute atomic E-state index is 0.0470. The average molecular weight is 235 g/mol. The second-order valence-electron chi connectivity index (χ2n) is 4.51. The molecule has 0 bridgehead atoms. The molecule has 1 unspecified atom stereocenters. The van der Waals surface area contributed by atoms with Crippen LogP contribution in [0.4, 0.5) is 0 Å². The van der Waals surface area contributed by atoms with Crippen LogP contribution < -0.4 is 10.5 Å². The average Bonchev–Trinajstić information content (AvgIpc) is 2.89. The van der Waals surface area contributed by atoms with Gasteiger partial charge in [0.2, 0.25) is 0 Å². The molecule has 1 saturated carbocycles. The third-order valence-electron chi connectivity index (χ3n) is 3.36. The molecule has 1 atom stereocenters. The molecule has 0 aromatic heterocycles. The van der Waals surface area contributed by atoms with Gasteiger partial charge in [-0.3, -0.25) is 0 Å². The van der Waals surface area contributed by atoms with Gasteiger partial charge in [-0.15, -0.1) is 0 Å². The molecule has 3 nitrogen and oxygen atoms in total. The maximum Gasteiger partial charge on any atom is 0.124 e. The maximum atomic E-state index is 6.08. The van der Waals surface area contributed by atoms with Crippen LogP contribution in [0.2, 0.25) is 0 Å². The van der Waals surface area contributed by atoms with Crippen molar-refractivity contribution in [2.45, 2.75) is 37.9 Å². The molecule has 1 aliphatic rings. The van der Waals surface area contributed by atoms with E-state index in [1.165, 1.54) is 12.8 Å². The van der Waals surface area contributed by atoms with Crippen LogP contribution in [0.5, 0.6) is 5.75 Å². The quantitative estimate of drug-likeness (QED) is 0.853. The standard InChI is InChI=1S/C14H21NO2/c1-16-13-9-5-4-8-12(13)14(10-15)17-11-6-2-3-7-11/h4-5,8-9,11,14H,2-3,6-7,10,15H2,1H3. The number of benzene rings is 1. The summed E-state index contributed by atoms with van der Waals surface area (Å²) in [5.41, 5.74) is 6.89. The summed E-state index contributed by atoms with van der Waals surface area (Å²) in [7, 11) is 1.68. The molecule has 0 aliphatic heterocycles. The van der Waals surface area contributed by atoms with Gasteiger partial charge in [0.1, 0.15) is 5.75 Å². The van der Waals surface area contributed by atoms with Gasteiger partial charge in [-0.2, -0.15) is 0 Å². The first kappa shape index (κ1) is 12.4. The van der Waals surface area contributed by atoms with E-state index in [2.05, 4.69) is 0 Å². The van der Waals surface area contributed by atoms with Gasteiger partial charge in [-0.1, -0.05) is 31.0 Å². The van der Waals surface area contributed by atoms with Gasteiger partial charge >= 0.3 is 0 Å². The summed E-state index contributed by atoms with van der Waals surface area (Å²) in [5, 5.41) is 0. The van der Waals surface area contributed by atoms with Crippen molar-refractivity contribution in [1.82, 2.24) is 0 Å². The molecular formula is C14H21NO2. The monoisotopic (exact) mass is 235 g/mol. The Morgan fingerprint density at radius 1 is 1.29 bits per heavy atom. The van der Waals surface area contributed by atoms with Gasteiger partial charge in [0, 0.05) is 12.1 Å². The van der Waals surface area contributed by atoms with Gasteiger partial charge in [0.25, 0.3) is 0 Å². The molecule has 0 saturated heterocycles. The Balaban J connectivity index is 2.10. The van der Waals surface area contributed by atoms with E-state index in [1.807, 2.05) is 24.3 Å². The van der Waals surface area contributed by atoms with E-state index >= 15 is 0 Å². The van der Waals surface area contributed by atoms with Gasteiger partial charge in [0.05, 0.1) is 19.3 Å². The summed E-state index contributed by atoms with van der Waals surface area (Å²) in [6.45, 7) is 0.497. The van der Waals surface area contributed by atoms with Gasteiger partial charge in [-0.25, -0.2) is 0 Å². The van der Waals surface area contributed by atoms with Crippen molar-refractivity contribution in [3.8, 4) is 5.75 Å². The van der Waals surface area contributed by atoms with Crippen LogP contribution in [0.15, 0.2) is 24.3 Å². The van der Waals surface area contributed by atoms with E-state index in [0.29, 0.717) is 12.6 Å². The number of methoxy groups -OCH3 is 1. The minimum atomic E-state index is -0.0470. The van der Waals surface area contributed by atoms with Crippen LogP contribution >= 0.6 is 0 Å². The molecule has 94 valence electrons. The Bertz CT molecular complexity index is 348. The fourth-order valence-electron chi connectivity index (χ4n) is 2.44. The number of hydrogen-bond donors (Lipinski definition) is 1. The first-order valence-electron chi connectivity index (χ1n) is 6.33. The number of hydrogen-bond acceptors (Lipinski definition) is 3. The summed E-state index contributed by atoms with van der Waals surface area (Å²) in [4.78, 5) is 0. The fourth-order valence-corrected chi connectivity index (χ4v) is 2.44. The third kappa shape index (κ3) is 2.99. The topological polar surface area (TPSA) is 44.5 Å². The van der Waals surface area contributed by atoms with Crippen molar-refractivity contribution in [3.63, 3.8) is 0 Å². The Labute approximate surface area is 103 Å². The van der Waals surface area contributed by atoms with Crippen LogP contribution in [0.25, 0.3) is 0 Å². The van der Waals surface area contributed by atoms with Crippen LogP contribution in [-0.4, -0.2) is 19.8 Å². The molecule has 17 heavy (non-hydrogen) atoms. The molecule has 1 aromatic carbocycles. The van der Waals surface area contributed by atoms with E-state index in [-0.39, 0.29) is 6.10 Å². The predicted molar refractivity (Wildman–Crippen MR) is 68.1 cm³/mol. The molecule has 2 N–H and O–H groups in total. The molecule has 3 heteroatoms. The van der Waals surface area contributed by atoms with Crippen LogP contribution in [-0.2, 0) is 4.74 Å². The van der Waals surface area contributed by atoms with Gasteiger partial charge < -0.3 is 15.2 Å². The van der Waals surface area contributed by atoms with E-state index in [9.17, 15) is 0 Å². The van der Waals surface area contributed by atoms with E-state index in [0.717, 1.165) is 24.2 Å². The lowest BCUT2D eigenvalue weighted by Gasteiger charge is -2.22. The number of ether oxygens (including phenoxy) is 2. The summed E-state index contributed by atoms with van der Waals surface area (Å²) >= 11 is 0. The van der Waals surface area contributed by atoms with Crippen molar-refractivity contribution in [2.24, 2.45) is 5.73 Å². The van der Waals surface area contributed by atoms with Crippen molar-refractivity contribution < 1.29 is 9.47 Å². The molecule has 1 aliphatic carbocycles. The zero-order valence-corrected chi connectivity index (χ0v) is 10.4. The molecule has 0 amide bonds. The summed E-state index contributed by atoms with van der Waals surface area (Å²) in [6.07, 6.45) is 5.18. The van der Waals surface area contributed by atoms with Crippen molar-refractivity contribution >= 4 is 0 Å². The molecular weight excluding hydrogens is 214 g/mol. The highest BCUT2D eigenvalue weighted by Gasteiger charge is 2.22. The number of rotatable bonds is 5. The smallest absolute Gasteiger partial charge is 0.124 e. The molecule has 0 radical (unpaired) electrons. The SMILES string of the molecule is COc1ccccc1C(CN)OC1CCCC1. The van der Waals surface area contributed by atoms with E-state index in [1.54, 1.807) is 7.11 Å². The Kier molecular flexibility index (Phi) is 4.40. The summed E-state index contributed by atoms with van der Waals surface area (Å²) in [5.74, 6) is 0.862. The summed E-state index contributed by atoms with van der Waals surface area (Å²) in [6, 6.07) is 7.95. The van der Waals surface area contributed by atoms with Crippen LogP contribution in [0.3, 0.4) is 0 Å². The Morgan fingerprint density at radius 3 is 2.65 bits per heavy atom. The van der Waals surface area contributed by atoms with Gasteiger partial charge in [0.15, 0.2) is 0 Å². The van der Waals surface area contributed by atoms with Crippen LogP contribution in [0.1, 0.15) is 37.4 Å². The normalized spacial score (nSPS) is 18.2. The lowest BCUT2D eigenvalue weighted by molar-refractivity contribution is -0.00542. The highest BCUT2D eigenvalue weighted by atomic mass is 16.5. The zero-order valence-electron chi connectivity index (χ0n) is 10.4. The lowest BCUT2D eigenvalue weighted by Crippen LogP contribution is -2.21. The largest absolute Gasteiger partial charge is 0.496 e. The van der Waals surface area contributed by atoms with Crippen LogP contribution in [0, 0.1) is 0 Å². The lowest BCUT2D eigenvalue weighted by atomic mass is 10.1. The zero-order chi connectivity index (χ0) is 12.1. The Morgan fingerprint density at radius 2 is 2.00 bits per heavy atom. The number of para-hydroxylation sites is 1. The highest BCUT2D eigenvalue weighted by molar-refractivity contribution is 5.35. The molecule has 0 spiro atoms. The second kappa shape index (κ2) is 6.03. The Hall–Kier alpha value is -1.06. The molecule has 1 fully saturated rings. The minimum Gasteiger partial charge on any atom is -0.496 e. The predicted octanol–water partition coefficient (Wildman–Crippen LogP) is 2.65. The maximum absolute atomic E-state index is 6.08. The number of nitrogens with two attached hydrogens (primary N) is 1. The van der Waals surface area contributed by atoms with Crippen molar-refractivity contribution in [3.05, 3.63) is 29.8 Å². The van der Waals surface area contributed by atoms with E-state index in [4.69, 9.17) is 15.2 Å². The molecule has 2 rings (SSSR count). The highest BCUT2D eigenvalue weighted by Crippen LogP contribution is 2.31. The molecule has 1 aromatic rings. The summed E-state index contributed by atoms with van der Waals surface area (Å²) < 4.78 is 11.4. The first-order valence-corrected chi connectivity index (χ1v) is 6.33.